The van der Waals surface area contributed by atoms with Gasteiger partial charge in [-0.05, 0) is 55.7 Å². The van der Waals surface area contributed by atoms with Crippen molar-refractivity contribution in [3.05, 3.63) is 46.1 Å². The number of carbonyl (C=O) groups excluding carboxylic acids is 3. The van der Waals surface area contributed by atoms with Crippen molar-refractivity contribution >= 4 is 34.2 Å². The number of imide groups is 1. The zero-order valence-corrected chi connectivity index (χ0v) is 15.1. The Bertz CT molecular complexity index is 847. The minimum atomic E-state index is -0.822. The molecule has 2 aromatic heterocycles. The fourth-order valence-corrected chi connectivity index (χ4v) is 3.57. The number of hydrogen-bond acceptors (Lipinski definition) is 6. The second kappa shape index (κ2) is 8.09. The number of alkyl carbamates (subject to hydrolysis) is 1. The van der Waals surface area contributed by atoms with Crippen molar-refractivity contribution in [2.45, 2.75) is 32.6 Å². The lowest BCUT2D eigenvalue weighted by Gasteiger charge is -2.15. The molecule has 0 aliphatic heterocycles. The Balaban J connectivity index is 1.71. The standard InChI is InChI=1S/C18H19N3O4S/c1-2-25-18(24)21-15(22)12-9-10-26-17(12)20-16(23)14-8-7-11-5-3-4-6-13(11)19-14/h7-10H,2-6H2,1H3,(H,20,23)(H,21,22,24). The quantitative estimate of drug-likeness (QED) is 0.858. The Morgan fingerprint density at radius 3 is 2.77 bits per heavy atom. The number of amides is 3. The number of carbonyl (C=O) groups is 3. The topological polar surface area (TPSA) is 97.4 Å². The maximum absolute atomic E-state index is 12.5. The minimum absolute atomic E-state index is 0.163. The van der Waals surface area contributed by atoms with Crippen LogP contribution < -0.4 is 10.6 Å². The van der Waals surface area contributed by atoms with Gasteiger partial charge in [0, 0.05) is 5.69 Å². The Labute approximate surface area is 154 Å². The molecule has 7 nitrogen and oxygen atoms in total. The highest BCUT2D eigenvalue weighted by Crippen LogP contribution is 2.24. The van der Waals surface area contributed by atoms with Gasteiger partial charge in [0.05, 0.1) is 12.2 Å². The minimum Gasteiger partial charge on any atom is -0.450 e. The molecule has 3 amide bonds. The number of aryl methyl sites for hydroxylation is 2. The summed E-state index contributed by atoms with van der Waals surface area (Å²) in [7, 11) is 0. The Hall–Kier alpha value is -2.74. The average Bonchev–Trinajstić information content (AvgIpc) is 3.09. The molecule has 0 radical (unpaired) electrons. The zero-order valence-electron chi connectivity index (χ0n) is 14.3. The summed E-state index contributed by atoms with van der Waals surface area (Å²) in [5.74, 6) is -1.01. The number of aromatic nitrogens is 1. The fourth-order valence-electron chi connectivity index (χ4n) is 2.79. The van der Waals surface area contributed by atoms with E-state index in [1.807, 2.05) is 6.07 Å². The predicted molar refractivity (Wildman–Crippen MR) is 97.6 cm³/mol. The van der Waals surface area contributed by atoms with Gasteiger partial charge in [-0.25, -0.2) is 9.78 Å². The van der Waals surface area contributed by atoms with Crippen LogP contribution in [0.4, 0.5) is 9.80 Å². The number of nitrogens with zero attached hydrogens (tertiary/aromatic N) is 1. The van der Waals surface area contributed by atoms with Crippen molar-refractivity contribution in [2.75, 3.05) is 11.9 Å². The molecular formula is C18H19N3O4S. The monoisotopic (exact) mass is 373 g/mol. The smallest absolute Gasteiger partial charge is 0.414 e. The van der Waals surface area contributed by atoms with Gasteiger partial charge in [0.25, 0.3) is 11.8 Å². The molecule has 136 valence electrons. The van der Waals surface area contributed by atoms with Gasteiger partial charge < -0.3 is 10.1 Å². The average molecular weight is 373 g/mol. The molecule has 0 saturated heterocycles. The molecule has 0 atom stereocenters. The van der Waals surface area contributed by atoms with E-state index >= 15 is 0 Å². The number of thiophene rings is 1. The molecule has 0 spiro atoms. The third-order valence-electron chi connectivity index (χ3n) is 4.04. The number of pyridine rings is 1. The van der Waals surface area contributed by atoms with Crippen molar-refractivity contribution < 1.29 is 19.1 Å². The first-order valence-electron chi connectivity index (χ1n) is 8.44. The van der Waals surface area contributed by atoms with Crippen LogP contribution in [-0.2, 0) is 17.6 Å². The number of anilines is 1. The number of ether oxygens (including phenoxy) is 1. The molecule has 2 aromatic rings. The summed E-state index contributed by atoms with van der Waals surface area (Å²) in [4.78, 5) is 40.5. The van der Waals surface area contributed by atoms with E-state index in [-0.39, 0.29) is 18.1 Å². The van der Waals surface area contributed by atoms with Crippen LogP contribution in [-0.4, -0.2) is 29.5 Å². The van der Waals surface area contributed by atoms with E-state index in [0.29, 0.717) is 10.7 Å². The molecule has 2 heterocycles. The van der Waals surface area contributed by atoms with Crippen LogP contribution in [0.15, 0.2) is 23.6 Å². The zero-order chi connectivity index (χ0) is 18.5. The second-order valence-corrected chi connectivity index (χ2v) is 6.72. The molecule has 0 aromatic carbocycles. The summed E-state index contributed by atoms with van der Waals surface area (Å²) in [5.41, 5.74) is 2.68. The van der Waals surface area contributed by atoms with Crippen LogP contribution in [0.3, 0.4) is 0 Å². The molecule has 26 heavy (non-hydrogen) atoms. The van der Waals surface area contributed by atoms with Crippen LogP contribution in [0, 0.1) is 0 Å². The van der Waals surface area contributed by atoms with Gasteiger partial charge in [-0.15, -0.1) is 11.3 Å². The Morgan fingerprint density at radius 2 is 1.96 bits per heavy atom. The summed E-state index contributed by atoms with van der Waals surface area (Å²) in [5, 5.41) is 6.84. The lowest BCUT2D eigenvalue weighted by molar-refractivity contribution is 0.0926. The Kier molecular flexibility index (Phi) is 5.62. The summed E-state index contributed by atoms with van der Waals surface area (Å²) in [6, 6.07) is 5.18. The first kappa shape index (κ1) is 18.1. The number of hydrogen-bond donors (Lipinski definition) is 2. The second-order valence-electron chi connectivity index (χ2n) is 5.80. The van der Waals surface area contributed by atoms with Crippen LogP contribution in [0.5, 0.6) is 0 Å². The van der Waals surface area contributed by atoms with E-state index in [0.717, 1.165) is 31.4 Å². The van der Waals surface area contributed by atoms with Gasteiger partial charge >= 0.3 is 6.09 Å². The van der Waals surface area contributed by atoms with E-state index in [2.05, 4.69) is 20.4 Å². The molecule has 0 bridgehead atoms. The first-order valence-corrected chi connectivity index (χ1v) is 9.32. The number of rotatable bonds is 4. The van der Waals surface area contributed by atoms with Crippen LogP contribution in [0.2, 0.25) is 0 Å². The van der Waals surface area contributed by atoms with Crippen molar-refractivity contribution in [3.8, 4) is 0 Å². The van der Waals surface area contributed by atoms with Crippen molar-refractivity contribution in [3.63, 3.8) is 0 Å². The highest BCUT2D eigenvalue weighted by atomic mass is 32.1. The maximum atomic E-state index is 12.5. The SMILES string of the molecule is CCOC(=O)NC(=O)c1ccsc1NC(=O)c1ccc2c(n1)CCCC2. The molecule has 0 unspecified atom stereocenters. The van der Waals surface area contributed by atoms with Crippen molar-refractivity contribution in [1.29, 1.82) is 0 Å². The summed E-state index contributed by atoms with van der Waals surface area (Å²) >= 11 is 1.20. The molecular weight excluding hydrogens is 354 g/mol. The Morgan fingerprint density at radius 1 is 1.15 bits per heavy atom. The molecule has 8 heteroatoms. The maximum Gasteiger partial charge on any atom is 0.414 e. The molecule has 0 fully saturated rings. The van der Waals surface area contributed by atoms with Gasteiger partial charge in [0.15, 0.2) is 0 Å². The fraction of sp³-hybridized carbons (Fsp3) is 0.333. The van der Waals surface area contributed by atoms with E-state index in [1.54, 1.807) is 18.4 Å². The lowest BCUT2D eigenvalue weighted by atomic mass is 9.96. The molecule has 3 rings (SSSR count). The van der Waals surface area contributed by atoms with Gasteiger partial charge in [-0.2, -0.15) is 0 Å². The van der Waals surface area contributed by atoms with E-state index in [9.17, 15) is 14.4 Å². The van der Waals surface area contributed by atoms with Crippen LogP contribution in [0.25, 0.3) is 0 Å². The largest absolute Gasteiger partial charge is 0.450 e. The van der Waals surface area contributed by atoms with E-state index < -0.39 is 12.0 Å². The van der Waals surface area contributed by atoms with E-state index in [1.165, 1.54) is 23.0 Å². The van der Waals surface area contributed by atoms with Crippen LogP contribution >= 0.6 is 11.3 Å². The number of fused-ring (bicyclic) bond motifs is 1. The van der Waals surface area contributed by atoms with Gasteiger partial charge in [0.2, 0.25) is 0 Å². The van der Waals surface area contributed by atoms with Crippen molar-refractivity contribution in [1.82, 2.24) is 10.3 Å². The first-order chi connectivity index (χ1) is 12.6. The third kappa shape index (κ3) is 4.08. The summed E-state index contributed by atoms with van der Waals surface area (Å²) < 4.78 is 4.69. The van der Waals surface area contributed by atoms with Gasteiger partial charge in [-0.1, -0.05) is 6.07 Å². The highest BCUT2D eigenvalue weighted by molar-refractivity contribution is 7.14. The lowest BCUT2D eigenvalue weighted by Crippen LogP contribution is -2.31. The molecule has 1 aliphatic rings. The highest BCUT2D eigenvalue weighted by Gasteiger charge is 2.20. The molecule has 1 aliphatic carbocycles. The van der Waals surface area contributed by atoms with E-state index in [4.69, 9.17) is 0 Å². The molecule has 0 saturated carbocycles. The van der Waals surface area contributed by atoms with Crippen LogP contribution in [0.1, 0.15) is 51.9 Å². The number of nitrogens with one attached hydrogen (secondary N) is 2. The third-order valence-corrected chi connectivity index (χ3v) is 4.87. The summed E-state index contributed by atoms with van der Waals surface area (Å²) in [6.07, 6.45) is 3.27. The molecule has 2 N–H and O–H groups in total. The summed E-state index contributed by atoms with van der Waals surface area (Å²) in [6.45, 7) is 1.81. The van der Waals surface area contributed by atoms with Gasteiger partial charge in [-0.3, -0.25) is 14.9 Å². The van der Waals surface area contributed by atoms with Gasteiger partial charge in [0.1, 0.15) is 10.7 Å². The normalized spacial score (nSPS) is 12.8. The predicted octanol–water partition coefficient (Wildman–Crippen LogP) is 3.16. The van der Waals surface area contributed by atoms with Crippen molar-refractivity contribution in [2.24, 2.45) is 0 Å².